The van der Waals surface area contributed by atoms with Gasteiger partial charge in [-0.25, -0.2) is 0 Å². The molecule has 3 saturated carbocycles. The van der Waals surface area contributed by atoms with Gasteiger partial charge in [-0.15, -0.1) is 0 Å². The Bertz CT molecular complexity index is 709. The third kappa shape index (κ3) is 2.96. The maximum atomic E-state index is 13.2. The van der Waals surface area contributed by atoms with Gasteiger partial charge in [-0.05, 0) is 50.4 Å². The van der Waals surface area contributed by atoms with Crippen molar-refractivity contribution >= 4 is 23.3 Å². The first-order valence-corrected chi connectivity index (χ1v) is 11.1. The molecular formula is C23H33NO4. The molecule has 5 heteroatoms. The van der Waals surface area contributed by atoms with Crippen LogP contribution in [0, 0.1) is 28.6 Å². The Balaban J connectivity index is 1.54. The predicted octanol–water partition coefficient (Wildman–Crippen LogP) is 3.34. The Morgan fingerprint density at radius 1 is 1.00 bits per heavy atom. The van der Waals surface area contributed by atoms with E-state index in [-0.39, 0.29) is 47.4 Å². The van der Waals surface area contributed by atoms with Crippen molar-refractivity contribution < 1.29 is 19.2 Å². The van der Waals surface area contributed by atoms with Crippen LogP contribution >= 0.6 is 0 Å². The fourth-order valence-electron chi connectivity index (χ4n) is 6.87. The number of rotatable bonds is 3. The number of hydrogen-bond donors (Lipinski definition) is 0. The third-order valence-electron chi connectivity index (χ3n) is 8.57. The van der Waals surface area contributed by atoms with Gasteiger partial charge in [-0.2, -0.15) is 0 Å². The average molecular weight is 388 g/mol. The van der Waals surface area contributed by atoms with Crippen molar-refractivity contribution in [1.82, 2.24) is 4.90 Å². The Morgan fingerprint density at radius 3 is 2.39 bits per heavy atom. The molecule has 0 N–H and O–H groups in total. The number of Topliss-reactive ketones (excluding diaryl/α,β-unsaturated/α-hetero) is 3. The van der Waals surface area contributed by atoms with E-state index in [2.05, 4.69) is 0 Å². The van der Waals surface area contributed by atoms with Gasteiger partial charge >= 0.3 is 0 Å². The number of fused-ring (bicyclic) bond motifs is 3. The van der Waals surface area contributed by atoms with Crippen LogP contribution in [0.4, 0.5) is 0 Å². The highest BCUT2D eigenvalue weighted by Gasteiger charge is 2.62. The zero-order valence-electron chi connectivity index (χ0n) is 17.3. The summed E-state index contributed by atoms with van der Waals surface area (Å²) in [4.78, 5) is 53.3. The minimum absolute atomic E-state index is 0.0833. The number of nitrogens with zero attached hydrogens (tertiary/aromatic N) is 1. The van der Waals surface area contributed by atoms with Crippen LogP contribution in [0.2, 0.25) is 0 Å². The quantitative estimate of drug-likeness (QED) is 0.745. The third-order valence-corrected chi connectivity index (χ3v) is 8.57. The van der Waals surface area contributed by atoms with Gasteiger partial charge in [0.15, 0.2) is 0 Å². The van der Waals surface area contributed by atoms with E-state index >= 15 is 0 Å². The SMILES string of the molecule is C[C@]1(CCC(=O)N2CCCCC2)C(=O)CC[C@@H]2[C@@H]1C(=O)C[C@]1(C)C(=O)CC[C@@H]21. The van der Waals surface area contributed by atoms with E-state index in [1.807, 2.05) is 18.7 Å². The highest BCUT2D eigenvalue weighted by Crippen LogP contribution is 2.60. The Kier molecular flexibility index (Phi) is 4.99. The lowest BCUT2D eigenvalue weighted by atomic mass is 9.48. The van der Waals surface area contributed by atoms with Crippen molar-refractivity contribution in [3.63, 3.8) is 0 Å². The fraction of sp³-hybridized carbons (Fsp3) is 0.826. The van der Waals surface area contributed by atoms with Gasteiger partial charge < -0.3 is 4.90 Å². The molecule has 1 saturated heterocycles. The summed E-state index contributed by atoms with van der Waals surface area (Å²) in [5.74, 6) is 0.593. The number of carbonyl (C=O) groups excluding carboxylic acids is 4. The fourth-order valence-corrected chi connectivity index (χ4v) is 6.87. The summed E-state index contributed by atoms with van der Waals surface area (Å²) < 4.78 is 0. The van der Waals surface area contributed by atoms with E-state index in [0.717, 1.165) is 38.8 Å². The topological polar surface area (TPSA) is 71.5 Å². The second-order valence-electron chi connectivity index (χ2n) is 10.1. The van der Waals surface area contributed by atoms with E-state index in [9.17, 15) is 19.2 Å². The molecule has 4 rings (SSSR count). The zero-order valence-corrected chi connectivity index (χ0v) is 17.3. The second-order valence-corrected chi connectivity index (χ2v) is 10.1. The van der Waals surface area contributed by atoms with Crippen molar-refractivity contribution in [2.45, 2.75) is 78.1 Å². The smallest absolute Gasteiger partial charge is 0.222 e. The van der Waals surface area contributed by atoms with Crippen LogP contribution in [0.25, 0.3) is 0 Å². The minimum Gasteiger partial charge on any atom is -0.343 e. The highest BCUT2D eigenvalue weighted by atomic mass is 16.2. The molecule has 0 spiro atoms. The van der Waals surface area contributed by atoms with E-state index in [1.165, 1.54) is 6.42 Å². The first kappa shape index (κ1) is 19.8. The molecule has 0 bridgehead atoms. The Labute approximate surface area is 167 Å². The first-order chi connectivity index (χ1) is 13.3. The second kappa shape index (κ2) is 7.07. The van der Waals surface area contributed by atoms with E-state index in [1.54, 1.807) is 0 Å². The summed E-state index contributed by atoms with van der Waals surface area (Å²) in [5, 5.41) is 0. The van der Waals surface area contributed by atoms with Crippen molar-refractivity contribution in [1.29, 1.82) is 0 Å². The van der Waals surface area contributed by atoms with Crippen LogP contribution in [-0.2, 0) is 19.2 Å². The molecule has 3 aliphatic carbocycles. The highest BCUT2D eigenvalue weighted by molar-refractivity contribution is 5.99. The molecule has 28 heavy (non-hydrogen) atoms. The molecule has 1 heterocycles. The number of ketones is 3. The van der Waals surface area contributed by atoms with Crippen molar-refractivity contribution in [2.24, 2.45) is 28.6 Å². The molecule has 4 aliphatic rings. The van der Waals surface area contributed by atoms with E-state index < -0.39 is 10.8 Å². The summed E-state index contributed by atoms with van der Waals surface area (Å²) in [6.45, 7) is 5.52. The number of carbonyl (C=O) groups is 4. The maximum absolute atomic E-state index is 13.2. The van der Waals surface area contributed by atoms with Gasteiger partial charge in [-0.1, -0.05) is 13.8 Å². The molecule has 0 aromatic carbocycles. The molecule has 1 aliphatic heterocycles. The summed E-state index contributed by atoms with van der Waals surface area (Å²) in [5.41, 5.74) is -1.28. The molecule has 154 valence electrons. The van der Waals surface area contributed by atoms with Crippen LogP contribution in [0.3, 0.4) is 0 Å². The lowest BCUT2D eigenvalue weighted by Crippen LogP contribution is -2.56. The average Bonchev–Trinajstić information content (AvgIpc) is 2.97. The van der Waals surface area contributed by atoms with Crippen LogP contribution in [-0.4, -0.2) is 41.2 Å². The molecule has 5 atom stereocenters. The number of piperidine rings is 1. The summed E-state index contributed by atoms with van der Waals surface area (Å²) in [7, 11) is 0. The first-order valence-electron chi connectivity index (χ1n) is 11.1. The summed E-state index contributed by atoms with van der Waals surface area (Å²) in [6.07, 6.45) is 6.99. The molecule has 4 fully saturated rings. The van der Waals surface area contributed by atoms with Gasteiger partial charge in [0.05, 0.1) is 0 Å². The molecule has 0 aromatic rings. The lowest BCUT2D eigenvalue weighted by molar-refractivity contribution is -0.160. The van der Waals surface area contributed by atoms with Crippen molar-refractivity contribution in [3.05, 3.63) is 0 Å². The van der Waals surface area contributed by atoms with Crippen LogP contribution < -0.4 is 0 Å². The Morgan fingerprint density at radius 2 is 1.68 bits per heavy atom. The summed E-state index contributed by atoms with van der Waals surface area (Å²) >= 11 is 0. The van der Waals surface area contributed by atoms with E-state index in [0.29, 0.717) is 25.7 Å². The van der Waals surface area contributed by atoms with E-state index in [4.69, 9.17) is 0 Å². The van der Waals surface area contributed by atoms with Crippen LogP contribution in [0.15, 0.2) is 0 Å². The Hall–Kier alpha value is -1.52. The monoisotopic (exact) mass is 387 g/mol. The van der Waals surface area contributed by atoms with Gasteiger partial charge in [0, 0.05) is 55.5 Å². The molecule has 0 radical (unpaired) electrons. The zero-order chi connectivity index (χ0) is 20.1. The molecule has 1 amide bonds. The maximum Gasteiger partial charge on any atom is 0.222 e. The van der Waals surface area contributed by atoms with Crippen molar-refractivity contribution in [3.8, 4) is 0 Å². The predicted molar refractivity (Wildman–Crippen MR) is 104 cm³/mol. The van der Waals surface area contributed by atoms with Gasteiger partial charge in [0.1, 0.15) is 17.3 Å². The van der Waals surface area contributed by atoms with Gasteiger partial charge in [-0.3, -0.25) is 19.2 Å². The van der Waals surface area contributed by atoms with Crippen LogP contribution in [0.5, 0.6) is 0 Å². The number of amides is 1. The van der Waals surface area contributed by atoms with Crippen molar-refractivity contribution in [2.75, 3.05) is 13.1 Å². The summed E-state index contributed by atoms with van der Waals surface area (Å²) in [6, 6.07) is 0. The molecule has 0 unspecified atom stereocenters. The molecular weight excluding hydrogens is 354 g/mol. The largest absolute Gasteiger partial charge is 0.343 e. The number of hydrogen-bond acceptors (Lipinski definition) is 4. The molecule has 0 aromatic heterocycles. The lowest BCUT2D eigenvalue weighted by Gasteiger charge is -2.53. The molecule has 5 nitrogen and oxygen atoms in total. The number of likely N-dealkylation sites (tertiary alicyclic amines) is 1. The normalized spacial score (nSPS) is 41.0. The standard InChI is InChI=1S/C23H33NO4/c1-22(11-10-20(28)24-12-4-3-5-13-24)18(26)8-6-15-16-7-9-19(27)23(16,2)14-17(25)21(15)22/h15-16,21H,3-14H2,1-2H3/t15-,16-,21+,22-,23-/m0/s1. The van der Waals surface area contributed by atoms with Gasteiger partial charge in [0.2, 0.25) is 5.91 Å². The minimum atomic E-state index is -0.752. The van der Waals surface area contributed by atoms with Gasteiger partial charge in [0.25, 0.3) is 0 Å². The van der Waals surface area contributed by atoms with Crippen LogP contribution in [0.1, 0.15) is 78.1 Å².